The Morgan fingerprint density at radius 2 is 2.23 bits per heavy atom. The minimum Gasteiger partial charge on any atom is -0.339 e. The average Bonchev–Trinajstić information content (AvgIpc) is 3.26. The second-order valence-corrected chi connectivity index (χ2v) is 6.65. The van der Waals surface area contributed by atoms with E-state index in [0.717, 1.165) is 5.69 Å². The van der Waals surface area contributed by atoms with Gasteiger partial charge in [0.1, 0.15) is 0 Å². The third-order valence-corrected chi connectivity index (χ3v) is 4.01. The van der Waals surface area contributed by atoms with E-state index in [9.17, 15) is 4.79 Å². The van der Waals surface area contributed by atoms with Gasteiger partial charge in [-0.25, -0.2) is 4.68 Å². The molecule has 1 amide bonds. The Labute approximate surface area is 156 Å². The minimum atomic E-state index is -0.107. The van der Waals surface area contributed by atoms with Gasteiger partial charge in [-0.15, -0.1) is 0 Å². The number of carbonyl (C=O) groups is 1. The van der Waals surface area contributed by atoms with Gasteiger partial charge < -0.3 is 9.84 Å². The molecule has 136 valence electrons. The highest BCUT2D eigenvalue weighted by molar-refractivity contribution is 6.31. The summed E-state index contributed by atoms with van der Waals surface area (Å²) >= 11 is 6.07. The monoisotopic (exact) mass is 373 g/mol. The van der Waals surface area contributed by atoms with Crippen LogP contribution in [0.3, 0.4) is 0 Å². The van der Waals surface area contributed by atoms with Crippen LogP contribution in [0, 0.1) is 0 Å². The predicted octanol–water partition coefficient (Wildman–Crippen LogP) is 3.99. The molecule has 1 aromatic carbocycles. The Hall–Kier alpha value is -2.67. The smallest absolute Gasteiger partial charge is 0.226 e. The van der Waals surface area contributed by atoms with Gasteiger partial charge >= 0.3 is 0 Å². The van der Waals surface area contributed by atoms with E-state index >= 15 is 0 Å². The van der Waals surface area contributed by atoms with Gasteiger partial charge in [-0.1, -0.05) is 30.6 Å². The number of aryl methyl sites for hydroxylation is 1. The number of anilines is 1. The summed E-state index contributed by atoms with van der Waals surface area (Å²) in [4.78, 5) is 16.6. The van der Waals surface area contributed by atoms with Crippen LogP contribution in [0.2, 0.25) is 5.02 Å². The highest BCUT2D eigenvalue weighted by Crippen LogP contribution is 2.24. The maximum atomic E-state index is 12.3. The standard InChI is InChI=1S/C18H20ClN5O2/c1-12(2)18-22-17(26-23-18)6-3-5-16(25)21-14-11-13(19)7-8-15(14)24-10-4-9-20-24/h4,7-12H,3,5-6H2,1-2H3,(H,21,25). The number of hydrogen-bond donors (Lipinski definition) is 1. The zero-order valence-corrected chi connectivity index (χ0v) is 15.4. The molecule has 7 nitrogen and oxygen atoms in total. The van der Waals surface area contributed by atoms with E-state index in [1.54, 1.807) is 29.2 Å². The fraction of sp³-hybridized carbons (Fsp3) is 0.333. The Balaban J connectivity index is 1.59. The molecule has 0 unspecified atom stereocenters. The molecule has 0 saturated heterocycles. The highest BCUT2D eigenvalue weighted by atomic mass is 35.5. The zero-order valence-electron chi connectivity index (χ0n) is 14.6. The third kappa shape index (κ3) is 4.49. The van der Waals surface area contributed by atoms with Crippen molar-refractivity contribution < 1.29 is 9.32 Å². The molecule has 0 aliphatic rings. The van der Waals surface area contributed by atoms with E-state index in [0.29, 0.717) is 41.7 Å². The lowest BCUT2D eigenvalue weighted by atomic mass is 10.2. The van der Waals surface area contributed by atoms with Gasteiger partial charge in [0.05, 0.1) is 11.4 Å². The van der Waals surface area contributed by atoms with E-state index in [1.807, 2.05) is 26.0 Å². The van der Waals surface area contributed by atoms with E-state index in [1.165, 1.54) is 0 Å². The molecule has 2 aromatic heterocycles. The largest absolute Gasteiger partial charge is 0.339 e. The van der Waals surface area contributed by atoms with Crippen molar-refractivity contribution in [1.82, 2.24) is 19.9 Å². The summed E-state index contributed by atoms with van der Waals surface area (Å²) in [6.45, 7) is 4.01. The summed E-state index contributed by atoms with van der Waals surface area (Å²) in [5.41, 5.74) is 1.37. The van der Waals surface area contributed by atoms with Crippen molar-refractivity contribution in [3.05, 3.63) is 53.4 Å². The molecule has 0 aliphatic heterocycles. The van der Waals surface area contributed by atoms with Crippen molar-refractivity contribution >= 4 is 23.2 Å². The van der Waals surface area contributed by atoms with Crippen LogP contribution in [0.4, 0.5) is 5.69 Å². The molecule has 3 aromatic rings. The second-order valence-electron chi connectivity index (χ2n) is 6.21. The van der Waals surface area contributed by atoms with Crippen LogP contribution in [-0.4, -0.2) is 25.8 Å². The van der Waals surface area contributed by atoms with Gasteiger partial charge in [-0.2, -0.15) is 10.1 Å². The Morgan fingerprint density at radius 3 is 2.92 bits per heavy atom. The van der Waals surface area contributed by atoms with Gasteiger partial charge in [-0.05, 0) is 30.7 Å². The lowest BCUT2D eigenvalue weighted by molar-refractivity contribution is -0.116. The first-order valence-corrected chi connectivity index (χ1v) is 8.82. The Morgan fingerprint density at radius 1 is 1.38 bits per heavy atom. The van der Waals surface area contributed by atoms with E-state index < -0.39 is 0 Å². The number of nitrogens with one attached hydrogen (secondary N) is 1. The van der Waals surface area contributed by atoms with Gasteiger partial charge in [0.2, 0.25) is 11.8 Å². The van der Waals surface area contributed by atoms with Crippen LogP contribution in [0.25, 0.3) is 5.69 Å². The number of nitrogens with zero attached hydrogens (tertiary/aromatic N) is 4. The van der Waals surface area contributed by atoms with E-state index in [2.05, 4.69) is 20.6 Å². The first kappa shape index (κ1) is 18.1. The number of halogens is 1. The van der Waals surface area contributed by atoms with Crippen molar-refractivity contribution in [3.63, 3.8) is 0 Å². The van der Waals surface area contributed by atoms with Gasteiger partial charge in [0.25, 0.3) is 0 Å². The van der Waals surface area contributed by atoms with Crippen LogP contribution in [0.15, 0.2) is 41.2 Å². The lowest BCUT2D eigenvalue weighted by Gasteiger charge is -2.11. The SMILES string of the molecule is CC(C)c1noc(CCCC(=O)Nc2cc(Cl)ccc2-n2cccn2)n1. The van der Waals surface area contributed by atoms with Crippen LogP contribution < -0.4 is 5.32 Å². The fourth-order valence-electron chi connectivity index (χ4n) is 2.44. The summed E-state index contributed by atoms with van der Waals surface area (Å²) in [5.74, 6) is 1.36. The number of hydrogen-bond acceptors (Lipinski definition) is 5. The number of rotatable bonds is 7. The molecule has 0 bridgehead atoms. The predicted molar refractivity (Wildman–Crippen MR) is 98.5 cm³/mol. The topological polar surface area (TPSA) is 85.8 Å². The second kappa shape index (κ2) is 8.14. The number of benzene rings is 1. The first-order chi connectivity index (χ1) is 12.5. The quantitative estimate of drug-likeness (QED) is 0.676. The molecule has 8 heteroatoms. The molecule has 0 saturated carbocycles. The summed E-state index contributed by atoms with van der Waals surface area (Å²) in [6.07, 6.45) is 5.00. The van der Waals surface area contributed by atoms with Crippen LogP contribution in [0.5, 0.6) is 0 Å². The van der Waals surface area contributed by atoms with Crippen molar-refractivity contribution in [3.8, 4) is 5.69 Å². The fourth-order valence-corrected chi connectivity index (χ4v) is 2.61. The zero-order chi connectivity index (χ0) is 18.5. The summed E-state index contributed by atoms with van der Waals surface area (Å²) in [6, 6.07) is 7.10. The van der Waals surface area contributed by atoms with Gasteiger partial charge in [-0.3, -0.25) is 4.79 Å². The Kier molecular flexibility index (Phi) is 5.68. The normalized spacial score (nSPS) is 11.1. The van der Waals surface area contributed by atoms with Gasteiger partial charge in [0, 0.05) is 36.2 Å². The molecule has 0 radical (unpaired) electrons. The molecule has 26 heavy (non-hydrogen) atoms. The minimum absolute atomic E-state index is 0.107. The maximum Gasteiger partial charge on any atom is 0.226 e. The summed E-state index contributed by atoms with van der Waals surface area (Å²) in [5, 5.41) is 11.6. The van der Waals surface area contributed by atoms with Crippen LogP contribution in [-0.2, 0) is 11.2 Å². The molecular formula is C18H20ClN5O2. The molecule has 1 N–H and O–H groups in total. The average molecular weight is 374 g/mol. The summed E-state index contributed by atoms with van der Waals surface area (Å²) < 4.78 is 6.87. The van der Waals surface area contributed by atoms with E-state index in [-0.39, 0.29) is 11.8 Å². The third-order valence-electron chi connectivity index (χ3n) is 3.78. The Bertz CT molecular complexity index is 874. The van der Waals surface area contributed by atoms with Crippen molar-refractivity contribution in [2.24, 2.45) is 0 Å². The summed E-state index contributed by atoms with van der Waals surface area (Å²) in [7, 11) is 0. The number of aromatic nitrogens is 4. The molecular weight excluding hydrogens is 354 g/mol. The van der Waals surface area contributed by atoms with Crippen molar-refractivity contribution in [2.75, 3.05) is 5.32 Å². The first-order valence-electron chi connectivity index (χ1n) is 8.45. The highest BCUT2D eigenvalue weighted by Gasteiger charge is 2.12. The molecule has 0 fully saturated rings. The van der Waals surface area contributed by atoms with E-state index in [4.69, 9.17) is 16.1 Å². The molecule has 0 atom stereocenters. The van der Waals surface area contributed by atoms with Crippen LogP contribution in [0.1, 0.15) is 44.3 Å². The maximum absolute atomic E-state index is 12.3. The van der Waals surface area contributed by atoms with Crippen molar-refractivity contribution in [1.29, 1.82) is 0 Å². The molecule has 0 spiro atoms. The number of amides is 1. The van der Waals surface area contributed by atoms with Crippen LogP contribution >= 0.6 is 11.6 Å². The lowest BCUT2D eigenvalue weighted by Crippen LogP contribution is -2.14. The molecule has 0 aliphatic carbocycles. The van der Waals surface area contributed by atoms with Gasteiger partial charge in [0.15, 0.2) is 5.82 Å². The molecule has 3 rings (SSSR count). The molecule has 2 heterocycles. The number of carbonyl (C=O) groups excluding carboxylic acids is 1. The van der Waals surface area contributed by atoms with Crippen molar-refractivity contribution in [2.45, 2.75) is 39.0 Å².